The van der Waals surface area contributed by atoms with Gasteiger partial charge in [0.1, 0.15) is 23.0 Å². The maximum absolute atomic E-state index is 5.51. The number of H-pyrrole nitrogens is 1. The van der Waals surface area contributed by atoms with Crippen LogP contribution in [0.1, 0.15) is 0 Å². The van der Waals surface area contributed by atoms with Crippen molar-refractivity contribution < 1.29 is 18.9 Å². The van der Waals surface area contributed by atoms with Gasteiger partial charge in [0.15, 0.2) is 0 Å². The second-order valence-electron chi connectivity index (χ2n) is 4.60. The molecule has 1 heterocycles. The Bertz CT molecular complexity index is 807. The highest BCUT2D eigenvalue weighted by Gasteiger charge is 2.18. The second kappa shape index (κ2) is 5.09. The van der Waals surface area contributed by atoms with Crippen molar-refractivity contribution in [1.82, 2.24) is 4.98 Å². The average Bonchev–Trinajstić information content (AvgIpc) is 2.92. The van der Waals surface area contributed by atoms with Crippen LogP contribution < -0.4 is 18.9 Å². The minimum Gasteiger partial charge on any atom is -0.497 e. The van der Waals surface area contributed by atoms with E-state index in [-0.39, 0.29) is 0 Å². The number of aromatic nitrogens is 1. The molecule has 110 valence electrons. The first-order chi connectivity index (χ1) is 10.2. The standard InChI is InChI=1S/C16H17NO4/c1-18-9-7-10-14(13(8-9)21-4)15-11(19-2)5-6-12(20-3)16(15)17-10/h5-8,17H,1-4H3. The first-order valence-electron chi connectivity index (χ1n) is 6.51. The van der Waals surface area contributed by atoms with Gasteiger partial charge >= 0.3 is 0 Å². The summed E-state index contributed by atoms with van der Waals surface area (Å²) in [6.07, 6.45) is 0. The van der Waals surface area contributed by atoms with E-state index in [1.165, 1.54) is 0 Å². The monoisotopic (exact) mass is 287 g/mol. The van der Waals surface area contributed by atoms with E-state index in [1.54, 1.807) is 28.4 Å². The molecular formula is C16H17NO4. The predicted octanol–water partition coefficient (Wildman–Crippen LogP) is 3.36. The Kier molecular flexibility index (Phi) is 3.25. The van der Waals surface area contributed by atoms with E-state index < -0.39 is 0 Å². The lowest BCUT2D eigenvalue weighted by Crippen LogP contribution is -1.89. The van der Waals surface area contributed by atoms with Crippen molar-refractivity contribution in [2.24, 2.45) is 0 Å². The van der Waals surface area contributed by atoms with E-state index in [2.05, 4.69) is 4.98 Å². The van der Waals surface area contributed by atoms with Gasteiger partial charge < -0.3 is 23.9 Å². The molecule has 0 saturated carbocycles. The number of hydrogen-bond donors (Lipinski definition) is 1. The van der Waals surface area contributed by atoms with Crippen LogP contribution in [0.15, 0.2) is 24.3 Å². The molecule has 3 rings (SSSR count). The molecule has 0 atom stereocenters. The van der Waals surface area contributed by atoms with Crippen molar-refractivity contribution in [3.05, 3.63) is 24.3 Å². The predicted molar refractivity (Wildman–Crippen MR) is 82.0 cm³/mol. The molecule has 0 saturated heterocycles. The summed E-state index contributed by atoms with van der Waals surface area (Å²) in [6.45, 7) is 0. The number of hydrogen-bond acceptors (Lipinski definition) is 4. The largest absolute Gasteiger partial charge is 0.497 e. The summed E-state index contributed by atoms with van der Waals surface area (Å²) in [4.78, 5) is 3.36. The number of fused-ring (bicyclic) bond motifs is 3. The van der Waals surface area contributed by atoms with E-state index in [0.717, 1.165) is 44.8 Å². The van der Waals surface area contributed by atoms with Gasteiger partial charge in [-0.15, -0.1) is 0 Å². The smallest absolute Gasteiger partial charge is 0.143 e. The molecule has 2 aromatic carbocycles. The van der Waals surface area contributed by atoms with Crippen LogP contribution in [0.2, 0.25) is 0 Å². The van der Waals surface area contributed by atoms with Crippen molar-refractivity contribution in [2.45, 2.75) is 0 Å². The van der Waals surface area contributed by atoms with E-state index >= 15 is 0 Å². The fraction of sp³-hybridized carbons (Fsp3) is 0.250. The molecule has 0 bridgehead atoms. The summed E-state index contributed by atoms with van der Waals surface area (Å²) in [5.41, 5.74) is 1.78. The second-order valence-corrected chi connectivity index (χ2v) is 4.60. The van der Waals surface area contributed by atoms with Crippen LogP contribution in [-0.4, -0.2) is 33.4 Å². The van der Waals surface area contributed by atoms with Crippen LogP contribution in [0.3, 0.4) is 0 Å². The van der Waals surface area contributed by atoms with Crippen molar-refractivity contribution in [3.8, 4) is 23.0 Å². The number of nitrogens with one attached hydrogen (secondary N) is 1. The number of methoxy groups -OCH3 is 4. The maximum atomic E-state index is 5.51. The lowest BCUT2D eigenvalue weighted by Gasteiger charge is -2.08. The molecule has 0 amide bonds. The summed E-state index contributed by atoms with van der Waals surface area (Å²) in [7, 11) is 6.56. The van der Waals surface area contributed by atoms with Gasteiger partial charge in [0.25, 0.3) is 0 Å². The van der Waals surface area contributed by atoms with Crippen molar-refractivity contribution in [1.29, 1.82) is 0 Å². The zero-order chi connectivity index (χ0) is 15.0. The lowest BCUT2D eigenvalue weighted by molar-refractivity contribution is 0.397. The Hall–Kier alpha value is -2.56. The third kappa shape index (κ3) is 1.93. The molecule has 5 nitrogen and oxygen atoms in total. The number of aromatic amines is 1. The summed E-state index contributed by atoms with van der Waals surface area (Å²) in [5, 5.41) is 1.88. The van der Waals surface area contributed by atoms with Crippen molar-refractivity contribution in [3.63, 3.8) is 0 Å². The zero-order valence-electron chi connectivity index (χ0n) is 12.4. The Morgan fingerprint density at radius 1 is 0.714 bits per heavy atom. The summed E-state index contributed by atoms with van der Waals surface area (Å²) < 4.78 is 21.7. The molecule has 0 radical (unpaired) electrons. The van der Waals surface area contributed by atoms with Gasteiger partial charge in [-0.1, -0.05) is 0 Å². The first kappa shape index (κ1) is 13.4. The molecule has 0 aliphatic rings. The molecule has 1 N–H and O–H groups in total. The minimum absolute atomic E-state index is 0.724. The van der Waals surface area contributed by atoms with Gasteiger partial charge in [-0.2, -0.15) is 0 Å². The molecule has 3 aromatic rings. The normalized spacial score (nSPS) is 10.9. The van der Waals surface area contributed by atoms with Gasteiger partial charge in [-0.25, -0.2) is 0 Å². The van der Waals surface area contributed by atoms with E-state index in [9.17, 15) is 0 Å². The van der Waals surface area contributed by atoms with Crippen molar-refractivity contribution >= 4 is 21.8 Å². The maximum Gasteiger partial charge on any atom is 0.143 e. The minimum atomic E-state index is 0.724. The molecule has 0 spiro atoms. The van der Waals surface area contributed by atoms with Crippen LogP contribution in [0.25, 0.3) is 21.8 Å². The third-order valence-electron chi connectivity index (χ3n) is 3.61. The average molecular weight is 287 g/mol. The van der Waals surface area contributed by atoms with Crippen LogP contribution in [0.5, 0.6) is 23.0 Å². The Labute approximate surface area is 122 Å². The highest BCUT2D eigenvalue weighted by molar-refractivity contribution is 6.15. The van der Waals surface area contributed by atoms with Gasteiger partial charge in [-0.05, 0) is 12.1 Å². The zero-order valence-corrected chi connectivity index (χ0v) is 12.4. The van der Waals surface area contributed by atoms with Crippen LogP contribution in [0.4, 0.5) is 0 Å². The van der Waals surface area contributed by atoms with Gasteiger partial charge in [0.2, 0.25) is 0 Å². The summed E-state index contributed by atoms with van der Waals surface area (Å²) >= 11 is 0. The van der Waals surface area contributed by atoms with E-state index in [4.69, 9.17) is 18.9 Å². The molecule has 0 aliphatic heterocycles. The summed E-state index contributed by atoms with van der Waals surface area (Å²) in [6, 6.07) is 7.55. The molecule has 5 heteroatoms. The molecule has 21 heavy (non-hydrogen) atoms. The number of ether oxygens (including phenoxy) is 4. The molecule has 1 aromatic heterocycles. The van der Waals surface area contributed by atoms with Crippen molar-refractivity contribution in [2.75, 3.05) is 28.4 Å². The summed E-state index contributed by atoms with van der Waals surface area (Å²) in [5.74, 6) is 2.97. The Morgan fingerprint density at radius 2 is 1.38 bits per heavy atom. The molecular weight excluding hydrogens is 270 g/mol. The van der Waals surface area contributed by atoms with Gasteiger partial charge in [0.05, 0.1) is 50.2 Å². The highest BCUT2D eigenvalue weighted by Crippen LogP contribution is 2.43. The first-order valence-corrected chi connectivity index (χ1v) is 6.51. The topological polar surface area (TPSA) is 52.7 Å². The Balaban J connectivity index is 2.51. The molecule has 0 aliphatic carbocycles. The van der Waals surface area contributed by atoms with Crippen LogP contribution in [0, 0.1) is 0 Å². The molecule has 0 fully saturated rings. The highest BCUT2D eigenvalue weighted by atomic mass is 16.5. The lowest BCUT2D eigenvalue weighted by atomic mass is 10.1. The Morgan fingerprint density at radius 3 is 2.00 bits per heavy atom. The molecule has 0 unspecified atom stereocenters. The van der Waals surface area contributed by atoms with E-state index in [0.29, 0.717) is 0 Å². The van der Waals surface area contributed by atoms with Crippen LogP contribution >= 0.6 is 0 Å². The number of benzene rings is 2. The van der Waals surface area contributed by atoms with Crippen LogP contribution in [-0.2, 0) is 0 Å². The quantitative estimate of drug-likeness (QED) is 0.799. The van der Waals surface area contributed by atoms with E-state index in [1.807, 2.05) is 24.3 Å². The van der Waals surface area contributed by atoms with Gasteiger partial charge in [0, 0.05) is 12.1 Å². The third-order valence-corrected chi connectivity index (χ3v) is 3.61. The fourth-order valence-corrected chi connectivity index (χ4v) is 2.64. The fourth-order valence-electron chi connectivity index (χ4n) is 2.64. The van der Waals surface area contributed by atoms with Gasteiger partial charge in [-0.3, -0.25) is 0 Å². The SMILES string of the molecule is COc1cc(OC)c2c(c1)[nH]c1c(OC)ccc(OC)c12. The number of rotatable bonds is 4.